The van der Waals surface area contributed by atoms with Gasteiger partial charge in [-0.3, -0.25) is 4.72 Å². The third kappa shape index (κ3) is 4.89. The van der Waals surface area contributed by atoms with Crippen LogP contribution in [0.1, 0.15) is 30.6 Å². The second kappa shape index (κ2) is 8.42. The maximum absolute atomic E-state index is 12.9. The lowest BCUT2D eigenvalue weighted by Gasteiger charge is -2.18. The number of hydrogen-bond donors (Lipinski definition) is 2. The summed E-state index contributed by atoms with van der Waals surface area (Å²) in [5, 5.41) is 3.65. The van der Waals surface area contributed by atoms with Gasteiger partial charge in [-0.2, -0.15) is 0 Å². The SMILES string of the molecule is CC[C@@H](C)Nc1ccc(C(=O)OC)cc1S(=O)(=O)Nc1ccc(Cl)cc1. The molecule has 0 aliphatic heterocycles. The molecule has 0 fully saturated rings. The van der Waals surface area contributed by atoms with Crippen LogP contribution in [0.3, 0.4) is 0 Å². The number of carbonyl (C=O) groups is 1. The number of esters is 1. The van der Waals surface area contributed by atoms with Gasteiger partial charge in [0.1, 0.15) is 4.90 Å². The first-order valence-corrected chi connectivity index (χ1v) is 9.90. The summed E-state index contributed by atoms with van der Waals surface area (Å²) in [4.78, 5) is 11.8. The van der Waals surface area contributed by atoms with Crippen LogP contribution in [-0.4, -0.2) is 27.5 Å². The fourth-order valence-electron chi connectivity index (χ4n) is 2.20. The van der Waals surface area contributed by atoms with E-state index in [1.54, 1.807) is 30.3 Å². The van der Waals surface area contributed by atoms with Crippen molar-refractivity contribution in [3.05, 3.63) is 53.1 Å². The summed E-state index contributed by atoms with van der Waals surface area (Å²) < 4.78 is 33.0. The van der Waals surface area contributed by atoms with Gasteiger partial charge >= 0.3 is 5.97 Å². The number of methoxy groups -OCH3 is 1. The van der Waals surface area contributed by atoms with Crippen molar-refractivity contribution in [3.63, 3.8) is 0 Å². The molecule has 2 rings (SSSR count). The van der Waals surface area contributed by atoms with Crippen molar-refractivity contribution < 1.29 is 17.9 Å². The first-order valence-electron chi connectivity index (χ1n) is 8.04. The first kappa shape index (κ1) is 20.1. The Morgan fingerprint density at radius 2 is 1.85 bits per heavy atom. The minimum absolute atomic E-state index is 0.0318. The Labute approximate surface area is 158 Å². The van der Waals surface area contributed by atoms with E-state index in [-0.39, 0.29) is 16.5 Å². The second-order valence-electron chi connectivity index (χ2n) is 5.77. The average molecular weight is 397 g/mol. The van der Waals surface area contributed by atoms with Crippen LogP contribution < -0.4 is 10.0 Å². The van der Waals surface area contributed by atoms with Gasteiger partial charge in [0.15, 0.2) is 0 Å². The summed E-state index contributed by atoms with van der Waals surface area (Å²) >= 11 is 5.83. The maximum atomic E-state index is 12.9. The molecule has 0 saturated heterocycles. The molecule has 0 amide bonds. The van der Waals surface area contributed by atoms with Crippen LogP contribution in [0.4, 0.5) is 11.4 Å². The van der Waals surface area contributed by atoms with E-state index in [0.29, 0.717) is 16.4 Å². The number of rotatable bonds is 7. The largest absolute Gasteiger partial charge is 0.465 e. The highest BCUT2D eigenvalue weighted by Gasteiger charge is 2.22. The Balaban J connectivity index is 2.47. The Kier molecular flexibility index (Phi) is 6.50. The lowest BCUT2D eigenvalue weighted by Crippen LogP contribution is -2.20. The van der Waals surface area contributed by atoms with Gasteiger partial charge in [0.2, 0.25) is 0 Å². The van der Waals surface area contributed by atoms with E-state index in [9.17, 15) is 13.2 Å². The predicted octanol–water partition coefficient (Wildman–Crippen LogP) is 4.14. The van der Waals surface area contributed by atoms with E-state index >= 15 is 0 Å². The molecule has 2 N–H and O–H groups in total. The summed E-state index contributed by atoms with van der Waals surface area (Å²) in [5.41, 5.74) is 0.930. The number of sulfonamides is 1. The number of benzene rings is 2. The topological polar surface area (TPSA) is 84.5 Å². The molecule has 2 aromatic carbocycles. The Morgan fingerprint density at radius 1 is 1.19 bits per heavy atom. The fraction of sp³-hybridized carbons (Fsp3) is 0.278. The van der Waals surface area contributed by atoms with Crippen LogP contribution in [0.5, 0.6) is 0 Å². The van der Waals surface area contributed by atoms with Crippen molar-refractivity contribution in [1.29, 1.82) is 0 Å². The minimum Gasteiger partial charge on any atom is -0.465 e. The van der Waals surface area contributed by atoms with E-state index in [0.717, 1.165) is 6.42 Å². The van der Waals surface area contributed by atoms with Crippen molar-refractivity contribution >= 4 is 39.0 Å². The average Bonchev–Trinajstić information content (AvgIpc) is 2.62. The molecule has 1 atom stereocenters. The molecule has 0 aliphatic carbocycles. The molecular formula is C18H21ClN2O4S. The minimum atomic E-state index is -3.94. The van der Waals surface area contributed by atoms with Crippen LogP contribution in [0.15, 0.2) is 47.4 Å². The summed E-state index contributed by atoms with van der Waals surface area (Å²) in [6.45, 7) is 3.93. The number of halogens is 1. The van der Waals surface area contributed by atoms with E-state index in [1.165, 1.54) is 19.2 Å². The smallest absolute Gasteiger partial charge is 0.337 e. The van der Waals surface area contributed by atoms with Crippen LogP contribution in [-0.2, 0) is 14.8 Å². The van der Waals surface area contributed by atoms with Gasteiger partial charge in [0, 0.05) is 16.8 Å². The molecule has 140 valence electrons. The fourth-order valence-corrected chi connectivity index (χ4v) is 3.59. The zero-order chi connectivity index (χ0) is 19.3. The van der Waals surface area contributed by atoms with Crippen LogP contribution in [0.25, 0.3) is 0 Å². The number of nitrogens with one attached hydrogen (secondary N) is 2. The van der Waals surface area contributed by atoms with Crippen molar-refractivity contribution in [3.8, 4) is 0 Å². The second-order valence-corrected chi connectivity index (χ2v) is 7.86. The number of carbonyl (C=O) groups excluding carboxylic acids is 1. The normalized spacial score (nSPS) is 12.3. The Morgan fingerprint density at radius 3 is 2.42 bits per heavy atom. The molecule has 0 bridgehead atoms. The molecule has 0 saturated carbocycles. The van der Waals surface area contributed by atoms with Gasteiger partial charge in [0.05, 0.1) is 18.4 Å². The number of anilines is 2. The van der Waals surface area contributed by atoms with Crippen LogP contribution in [0.2, 0.25) is 5.02 Å². The highest BCUT2D eigenvalue weighted by atomic mass is 35.5. The molecule has 8 heteroatoms. The van der Waals surface area contributed by atoms with Crippen LogP contribution >= 0.6 is 11.6 Å². The number of ether oxygens (including phenoxy) is 1. The van der Waals surface area contributed by atoms with Gasteiger partial charge in [-0.1, -0.05) is 18.5 Å². The third-order valence-corrected chi connectivity index (χ3v) is 5.48. The molecule has 6 nitrogen and oxygen atoms in total. The summed E-state index contributed by atoms with van der Waals surface area (Å²) in [6, 6.07) is 10.7. The third-order valence-electron chi connectivity index (χ3n) is 3.80. The summed E-state index contributed by atoms with van der Waals surface area (Å²) in [7, 11) is -2.69. The standard InChI is InChI=1S/C18H21ClN2O4S/c1-4-12(2)20-16-10-5-13(18(22)25-3)11-17(16)26(23,24)21-15-8-6-14(19)7-9-15/h5-12,20-21H,4H2,1-3H3/t12-/m1/s1. The van der Waals surface area contributed by atoms with Gasteiger partial charge < -0.3 is 10.1 Å². The zero-order valence-corrected chi connectivity index (χ0v) is 16.3. The quantitative estimate of drug-likeness (QED) is 0.687. The molecule has 0 radical (unpaired) electrons. The molecule has 0 heterocycles. The molecular weight excluding hydrogens is 376 g/mol. The van der Waals surface area contributed by atoms with Crippen molar-refractivity contribution in [2.75, 3.05) is 17.1 Å². The lowest BCUT2D eigenvalue weighted by atomic mass is 10.2. The number of hydrogen-bond acceptors (Lipinski definition) is 5. The Hall–Kier alpha value is -2.25. The first-order chi connectivity index (χ1) is 12.3. The maximum Gasteiger partial charge on any atom is 0.337 e. The molecule has 0 aromatic heterocycles. The Bertz CT molecular complexity index is 883. The van der Waals surface area contributed by atoms with Crippen molar-refractivity contribution in [1.82, 2.24) is 0 Å². The van der Waals surface area contributed by atoms with Gasteiger partial charge in [-0.15, -0.1) is 0 Å². The van der Waals surface area contributed by atoms with Crippen molar-refractivity contribution in [2.24, 2.45) is 0 Å². The molecule has 2 aromatic rings. The molecule has 26 heavy (non-hydrogen) atoms. The van der Waals surface area contributed by atoms with E-state index in [4.69, 9.17) is 11.6 Å². The molecule has 0 unspecified atom stereocenters. The summed E-state index contributed by atoms with van der Waals surface area (Å²) in [6.07, 6.45) is 0.808. The predicted molar refractivity (Wildman–Crippen MR) is 103 cm³/mol. The zero-order valence-electron chi connectivity index (χ0n) is 14.7. The molecule has 0 spiro atoms. The van der Waals surface area contributed by atoms with Gasteiger partial charge in [0.25, 0.3) is 10.0 Å². The monoisotopic (exact) mass is 396 g/mol. The summed E-state index contributed by atoms with van der Waals surface area (Å²) in [5.74, 6) is -0.608. The van der Waals surface area contributed by atoms with E-state index in [1.807, 2.05) is 13.8 Å². The van der Waals surface area contributed by atoms with E-state index < -0.39 is 16.0 Å². The van der Waals surface area contributed by atoms with Crippen LogP contribution in [0, 0.1) is 0 Å². The van der Waals surface area contributed by atoms with Crippen molar-refractivity contribution in [2.45, 2.75) is 31.2 Å². The van der Waals surface area contributed by atoms with E-state index in [2.05, 4.69) is 14.8 Å². The lowest BCUT2D eigenvalue weighted by molar-refractivity contribution is 0.0600. The molecule has 0 aliphatic rings. The highest BCUT2D eigenvalue weighted by molar-refractivity contribution is 7.92. The van der Waals surface area contributed by atoms with Gasteiger partial charge in [-0.25, -0.2) is 13.2 Å². The highest BCUT2D eigenvalue weighted by Crippen LogP contribution is 2.27. The van der Waals surface area contributed by atoms with Gasteiger partial charge in [-0.05, 0) is 55.8 Å².